The number of hydrogen-bond donors (Lipinski definition) is 0. The molecule has 2 aromatic carbocycles. The second-order valence-corrected chi connectivity index (χ2v) is 9.46. The molecule has 0 spiro atoms. The van der Waals surface area contributed by atoms with E-state index in [4.69, 9.17) is 21.1 Å². The van der Waals surface area contributed by atoms with E-state index in [1.165, 1.54) is 40.5 Å². The van der Waals surface area contributed by atoms with Gasteiger partial charge in [0.15, 0.2) is 6.61 Å². The molecule has 0 radical (unpaired) electrons. The molecule has 1 amide bonds. The second kappa shape index (κ2) is 10.4. The van der Waals surface area contributed by atoms with Gasteiger partial charge in [0.2, 0.25) is 10.0 Å². The molecule has 3 rings (SSSR count). The molecular weight excluding hydrogens is 463 g/mol. The molecule has 0 aromatic heterocycles. The number of rotatable bonds is 7. The summed E-state index contributed by atoms with van der Waals surface area (Å²) >= 11 is 6.07. The largest absolute Gasteiger partial charge is 0.452 e. The molecule has 0 bridgehead atoms. The summed E-state index contributed by atoms with van der Waals surface area (Å²) in [4.78, 5) is 26.0. The zero-order valence-electron chi connectivity index (χ0n) is 17.3. The molecule has 0 atom stereocenters. The molecule has 1 heterocycles. The van der Waals surface area contributed by atoms with Crippen molar-refractivity contribution in [3.8, 4) is 0 Å². The van der Waals surface area contributed by atoms with Gasteiger partial charge in [0, 0.05) is 26.7 Å². The maximum absolute atomic E-state index is 13.0. The normalized spacial score (nSPS) is 14.7. The fourth-order valence-electron chi connectivity index (χ4n) is 3.02. The first-order valence-electron chi connectivity index (χ1n) is 9.71. The molecule has 0 N–H and O–H groups in total. The van der Waals surface area contributed by atoms with Gasteiger partial charge in [0.1, 0.15) is 5.82 Å². The highest BCUT2D eigenvalue weighted by Gasteiger charge is 2.28. The molecule has 2 aromatic rings. The van der Waals surface area contributed by atoms with Crippen LogP contribution in [0.1, 0.15) is 15.9 Å². The fourth-order valence-corrected chi connectivity index (χ4v) is 4.65. The van der Waals surface area contributed by atoms with Gasteiger partial charge in [-0.2, -0.15) is 4.31 Å². The molecule has 0 saturated carbocycles. The first-order chi connectivity index (χ1) is 15.2. The third-order valence-electron chi connectivity index (χ3n) is 4.85. The number of nitrogens with zero attached hydrogens (tertiary/aromatic N) is 2. The Kier molecular flexibility index (Phi) is 7.83. The Bertz CT molecular complexity index is 1090. The molecule has 1 aliphatic heterocycles. The number of carbonyl (C=O) groups is 2. The van der Waals surface area contributed by atoms with E-state index in [-0.39, 0.29) is 54.1 Å². The smallest absolute Gasteiger partial charge is 0.340 e. The number of esters is 1. The zero-order valence-corrected chi connectivity index (χ0v) is 18.9. The maximum atomic E-state index is 13.0. The summed E-state index contributed by atoms with van der Waals surface area (Å²) < 4.78 is 50.1. The lowest BCUT2D eigenvalue weighted by Gasteiger charge is -2.26. The SMILES string of the molecule is CN(Cc1ccc(F)cc1)C(=O)COC(=O)c1cc(S(=O)(=O)N2CCOCC2)ccc1Cl. The Labute approximate surface area is 190 Å². The van der Waals surface area contributed by atoms with Crippen molar-refractivity contribution in [1.82, 2.24) is 9.21 Å². The average molecular weight is 485 g/mol. The second-order valence-electron chi connectivity index (χ2n) is 7.11. The van der Waals surface area contributed by atoms with Crippen LogP contribution < -0.4 is 0 Å². The Hall–Kier alpha value is -2.53. The van der Waals surface area contributed by atoms with E-state index in [1.807, 2.05) is 0 Å². The standard InChI is InChI=1S/C21H22ClFN2O6S/c1-24(13-15-2-4-16(23)5-3-15)20(26)14-31-21(27)18-12-17(6-7-19(18)22)32(28,29)25-8-10-30-11-9-25/h2-7,12H,8-11,13-14H2,1H3. The Morgan fingerprint density at radius 1 is 1.16 bits per heavy atom. The lowest BCUT2D eigenvalue weighted by molar-refractivity contribution is -0.133. The predicted molar refractivity (Wildman–Crippen MR) is 114 cm³/mol. The van der Waals surface area contributed by atoms with Crippen LogP contribution in [-0.4, -0.2) is 69.5 Å². The number of carbonyl (C=O) groups excluding carboxylic acids is 2. The number of halogens is 2. The van der Waals surface area contributed by atoms with Gasteiger partial charge in [-0.15, -0.1) is 0 Å². The van der Waals surface area contributed by atoms with Crippen LogP contribution in [0.2, 0.25) is 5.02 Å². The van der Waals surface area contributed by atoms with Gasteiger partial charge in [-0.3, -0.25) is 4.79 Å². The third kappa shape index (κ3) is 5.83. The van der Waals surface area contributed by atoms with Crippen LogP contribution in [0, 0.1) is 5.82 Å². The van der Waals surface area contributed by atoms with Gasteiger partial charge in [0.25, 0.3) is 5.91 Å². The van der Waals surface area contributed by atoms with Crippen molar-refractivity contribution in [2.45, 2.75) is 11.4 Å². The lowest BCUT2D eigenvalue weighted by Crippen LogP contribution is -2.40. The fraction of sp³-hybridized carbons (Fsp3) is 0.333. The van der Waals surface area contributed by atoms with Crippen LogP contribution in [-0.2, 0) is 30.8 Å². The van der Waals surface area contributed by atoms with Crippen LogP contribution in [0.25, 0.3) is 0 Å². The van der Waals surface area contributed by atoms with Crippen LogP contribution in [0.4, 0.5) is 4.39 Å². The Balaban J connectivity index is 1.65. The van der Waals surface area contributed by atoms with E-state index in [0.717, 1.165) is 6.07 Å². The minimum atomic E-state index is -3.83. The number of sulfonamides is 1. The first-order valence-corrected chi connectivity index (χ1v) is 11.5. The highest BCUT2D eigenvalue weighted by atomic mass is 35.5. The number of hydrogen-bond acceptors (Lipinski definition) is 6. The third-order valence-corrected chi connectivity index (χ3v) is 7.08. The van der Waals surface area contributed by atoms with Gasteiger partial charge in [0.05, 0.1) is 28.7 Å². The topological polar surface area (TPSA) is 93.2 Å². The maximum Gasteiger partial charge on any atom is 0.340 e. The van der Waals surface area contributed by atoms with E-state index in [2.05, 4.69) is 0 Å². The minimum Gasteiger partial charge on any atom is -0.452 e. The number of likely N-dealkylation sites (N-methyl/N-ethyl adjacent to an activating group) is 1. The predicted octanol–water partition coefficient (Wildman–Crippen LogP) is 2.32. The molecule has 1 fully saturated rings. The first kappa shape index (κ1) is 24.1. The van der Waals surface area contributed by atoms with Crippen molar-refractivity contribution >= 4 is 33.5 Å². The van der Waals surface area contributed by atoms with E-state index in [9.17, 15) is 22.4 Å². The highest BCUT2D eigenvalue weighted by Crippen LogP contribution is 2.24. The summed E-state index contributed by atoms with van der Waals surface area (Å²) in [7, 11) is -2.32. The highest BCUT2D eigenvalue weighted by molar-refractivity contribution is 7.89. The Morgan fingerprint density at radius 3 is 2.47 bits per heavy atom. The van der Waals surface area contributed by atoms with Crippen molar-refractivity contribution in [2.75, 3.05) is 40.0 Å². The molecule has 1 saturated heterocycles. The summed E-state index contributed by atoms with van der Waals surface area (Å²) in [5.74, 6) is -1.79. The summed E-state index contributed by atoms with van der Waals surface area (Å²) in [5.41, 5.74) is 0.549. The average Bonchev–Trinajstić information content (AvgIpc) is 2.79. The molecule has 32 heavy (non-hydrogen) atoms. The van der Waals surface area contributed by atoms with Crippen molar-refractivity contribution in [3.63, 3.8) is 0 Å². The number of amides is 1. The molecule has 0 aliphatic carbocycles. The van der Waals surface area contributed by atoms with Crippen LogP contribution in [0.5, 0.6) is 0 Å². The number of ether oxygens (including phenoxy) is 2. The Morgan fingerprint density at radius 2 is 1.81 bits per heavy atom. The number of morpholine rings is 1. The van der Waals surface area contributed by atoms with Gasteiger partial charge in [-0.05, 0) is 35.9 Å². The van der Waals surface area contributed by atoms with Crippen molar-refractivity contribution < 1.29 is 31.9 Å². The van der Waals surface area contributed by atoms with E-state index < -0.39 is 28.5 Å². The monoisotopic (exact) mass is 484 g/mol. The summed E-state index contributed by atoms with van der Waals surface area (Å²) in [6.45, 7) is 0.627. The molecular formula is C21H22ClFN2O6S. The van der Waals surface area contributed by atoms with Gasteiger partial charge < -0.3 is 14.4 Å². The van der Waals surface area contributed by atoms with Gasteiger partial charge >= 0.3 is 5.97 Å². The molecule has 172 valence electrons. The number of benzene rings is 2. The van der Waals surface area contributed by atoms with Crippen molar-refractivity contribution in [3.05, 3.63) is 64.4 Å². The van der Waals surface area contributed by atoms with Gasteiger partial charge in [-0.25, -0.2) is 17.6 Å². The summed E-state index contributed by atoms with van der Waals surface area (Å²) in [6, 6.07) is 9.42. The van der Waals surface area contributed by atoms with E-state index >= 15 is 0 Å². The van der Waals surface area contributed by atoms with E-state index in [0.29, 0.717) is 5.56 Å². The zero-order chi connectivity index (χ0) is 23.3. The van der Waals surface area contributed by atoms with E-state index in [1.54, 1.807) is 12.1 Å². The quantitative estimate of drug-likeness (QED) is 0.560. The lowest BCUT2D eigenvalue weighted by atomic mass is 10.2. The van der Waals surface area contributed by atoms with Gasteiger partial charge in [-0.1, -0.05) is 23.7 Å². The van der Waals surface area contributed by atoms with Crippen LogP contribution >= 0.6 is 11.6 Å². The van der Waals surface area contributed by atoms with Crippen LogP contribution in [0.3, 0.4) is 0 Å². The molecule has 11 heteroatoms. The van der Waals surface area contributed by atoms with Crippen molar-refractivity contribution in [2.24, 2.45) is 0 Å². The summed E-state index contributed by atoms with van der Waals surface area (Å²) in [5, 5.41) is 0.00282. The molecule has 8 nitrogen and oxygen atoms in total. The van der Waals surface area contributed by atoms with Crippen molar-refractivity contribution in [1.29, 1.82) is 0 Å². The summed E-state index contributed by atoms with van der Waals surface area (Å²) in [6.07, 6.45) is 0. The molecule has 1 aliphatic rings. The minimum absolute atomic E-state index is 0.00282. The van der Waals surface area contributed by atoms with Crippen LogP contribution in [0.15, 0.2) is 47.4 Å². The molecule has 0 unspecified atom stereocenters.